The molecule has 0 aliphatic carbocycles. The van der Waals surface area contributed by atoms with Gasteiger partial charge in [0, 0.05) is 43.8 Å². The Bertz CT molecular complexity index is 601. The maximum absolute atomic E-state index is 12.2. The van der Waals surface area contributed by atoms with Crippen molar-refractivity contribution in [3.63, 3.8) is 0 Å². The van der Waals surface area contributed by atoms with E-state index in [1.165, 1.54) is 0 Å². The molecule has 4 unspecified atom stereocenters. The monoisotopic (exact) mass is 506 g/mol. The smallest absolute Gasteiger partial charge is 0.308 e. The molecule has 0 aromatic rings. The van der Waals surface area contributed by atoms with E-state index >= 15 is 0 Å². The molecule has 0 radical (unpaired) electrons. The van der Waals surface area contributed by atoms with Crippen molar-refractivity contribution in [1.82, 2.24) is 0 Å². The lowest BCUT2D eigenvalue weighted by Gasteiger charge is -2.41. The molecule has 4 N–H and O–H groups in total. The normalized spacial score (nSPS) is 37.6. The standard InChI is InChI=1S/C24H42O11/c1-5-16-13(2)20(28)14(3)23(32-16)34-18(26)8-6-10-31-11-7-9-19(27)35-24-15(4)21(29)22(30)17(12-25)33-24/h13-17,20-25,28-30H,5-12H2,1-4H3/t13-,14?,15?,16-,17?,20?,21-,22-,23-,24-/m1/s1. The van der Waals surface area contributed by atoms with Crippen molar-refractivity contribution in [2.75, 3.05) is 19.8 Å². The molecule has 0 aromatic carbocycles. The summed E-state index contributed by atoms with van der Waals surface area (Å²) < 4.78 is 27.3. The summed E-state index contributed by atoms with van der Waals surface area (Å²) in [6, 6.07) is 0. The van der Waals surface area contributed by atoms with Crippen LogP contribution < -0.4 is 0 Å². The average molecular weight is 507 g/mol. The molecule has 2 heterocycles. The molecule has 11 nitrogen and oxygen atoms in total. The SMILES string of the molecule is CC[C@H]1O[C@H](OC(=O)CCCOCCCC(=O)O[C@H]2OC(CO)[C@@H](O)[C@H](O)C2C)C(C)C(O)[C@@H]1C. The van der Waals surface area contributed by atoms with Gasteiger partial charge in [0.2, 0.25) is 12.6 Å². The molecule has 0 saturated carbocycles. The highest BCUT2D eigenvalue weighted by molar-refractivity contribution is 5.69. The number of esters is 2. The van der Waals surface area contributed by atoms with Crippen LogP contribution in [0.1, 0.15) is 59.8 Å². The molecule has 35 heavy (non-hydrogen) atoms. The van der Waals surface area contributed by atoms with Crippen molar-refractivity contribution in [3.05, 3.63) is 0 Å². The molecule has 0 spiro atoms. The molecule has 204 valence electrons. The number of carbonyl (C=O) groups is 2. The Balaban J connectivity index is 1.57. The van der Waals surface area contributed by atoms with Gasteiger partial charge in [-0.2, -0.15) is 0 Å². The fourth-order valence-corrected chi connectivity index (χ4v) is 4.35. The number of ether oxygens (including phenoxy) is 5. The Morgan fingerprint density at radius 1 is 0.743 bits per heavy atom. The molecule has 2 rings (SSSR count). The van der Waals surface area contributed by atoms with Crippen LogP contribution in [0.4, 0.5) is 0 Å². The molecule has 2 saturated heterocycles. The van der Waals surface area contributed by atoms with Gasteiger partial charge in [-0.25, -0.2) is 0 Å². The van der Waals surface area contributed by atoms with Crippen molar-refractivity contribution < 1.29 is 53.7 Å². The van der Waals surface area contributed by atoms with E-state index in [0.717, 1.165) is 6.42 Å². The van der Waals surface area contributed by atoms with Gasteiger partial charge in [-0.3, -0.25) is 9.59 Å². The quantitative estimate of drug-likeness (QED) is 0.215. The zero-order valence-corrected chi connectivity index (χ0v) is 21.1. The lowest BCUT2D eigenvalue weighted by molar-refractivity contribution is -0.274. The number of hydrogen-bond donors (Lipinski definition) is 4. The Morgan fingerprint density at radius 2 is 1.23 bits per heavy atom. The van der Waals surface area contributed by atoms with Gasteiger partial charge in [0.05, 0.1) is 24.9 Å². The van der Waals surface area contributed by atoms with Gasteiger partial charge in [-0.15, -0.1) is 0 Å². The maximum atomic E-state index is 12.2. The second-order valence-electron chi connectivity index (χ2n) is 9.52. The number of aliphatic hydroxyl groups excluding tert-OH is 4. The minimum atomic E-state index is -1.25. The Labute approximate surface area is 206 Å². The summed E-state index contributed by atoms with van der Waals surface area (Å²) >= 11 is 0. The first-order valence-corrected chi connectivity index (χ1v) is 12.5. The second kappa shape index (κ2) is 14.4. The van der Waals surface area contributed by atoms with Crippen LogP contribution in [0.5, 0.6) is 0 Å². The summed E-state index contributed by atoms with van der Waals surface area (Å²) in [5.41, 5.74) is 0. The third-order valence-corrected chi connectivity index (χ3v) is 6.83. The van der Waals surface area contributed by atoms with Gasteiger partial charge in [0.25, 0.3) is 0 Å². The van der Waals surface area contributed by atoms with E-state index in [0.29, 0.717) is 19.4 Å². The topological polar surface area (TPSA) is 161 Å². The summed E-state index contributed by atoms with van der Waals surface area (Å²) in [4.78, 5) is 24.2. The highest BCUT2D eigenvalue weighted by Gasteiger charge is 2.44. The zero-order chi connectivity index (χ0) is 26.1. The first-order chi connectivity index (χ1) is 16.6. The van der Waals surface area contributed by atoms with E-state index in [2.05, 4.69) is 0 Å². The van der Waals surface area contributed by atoms with E-state index in [9.17, 15) is 30.0 Å². The number of carbonyl (C=O) groups excluding carboxylic acids is 2. The first-order valence-electron chi connectivity index (χ1n) is 12.5. The van der Waals surface area contributed by atoms with Crippen LogP contribution >= 0.6 is 0 Å². The maximum Gasteiger partial charge on any atom is 0.308 e. The highest BCUT2D eigenvalue weighted by Crippen LogP contribution is 2.32. The summed E-state index contributed by atoms with van der Waals surface area (Å²) in [6.07, 6.45) is -4.27. The number of rotatable bonds is 12. The Morgan fingerprint density at radius 3 is 1.71 bits per heavy atom. The van der Waals surface area contributed by atoms with Crippen LogP contribution in [0.2, 0.25) is 0 Å². The van der Waals surface area contributed by atoms with Crippen molar-refractivity contribution in [1.29, 1.82) is 0 Å². The third kappa shape index (κ3) is 8.34. The zero-order valence-electron chi connectivity index (χ0n) is 21.1. The molecule has 11 heteroatoms. The van der Waals surface area contributed by atoms with Crippen molar-refractivity contribution in [2.24, 2.45) is 17.8 Å². The van der Waals surface area contributed by atoms with Gasteiger partial charge >= 0.3 is 11.9 Å². The van der Waals surface area contributed by atoms with Crippen LogP contribution in [-0.4, -0.2) is 95.3 Å². The lowest BCUT2D eigenvalue weighted by atomic mass is 9.85. The molecule has 10 atom stereocenters. The van der Waals surface area contributed by atoms with Gasteiger partial charge in [-0.1, -0.05) is 27.7 Å². The van der Waals surface area contributed by atoms with Crippen LogP contribution in [0.3, 0.4) is 0 Å². The first kappa shape index (κ1) is 29.9. The molecular weight excluding hydrogens is 464 g/mol. The van der Waals surface area contributed by atoms with Gasteiger partial charge < -0.3 is 44.1 Å². The fourth-order valence-electron chi connectivity index (χ4n) is 4.35. The molecule has 0 aromatic heterocycles. The van der Waals surface area contributed by atoms with E-state index < -0.39 is 61.5 Å². The summed E-state index contributed by atoms with van der Waals surface area (Å²) in [7, 11) is 0. The van der Waals surface area contributed by atoms with E-state index in [4.69, 9.17) is 23.7 Å². The third-order valence-electron chi connectivity index (χ3n) is 6.83. The molecule has 2 aliphatic heterocycles. The molecule has 0 bridgehead atoms. The Hall–Kier alpha value is -1.34. The summed E-state index contributed by atoms with van der Waals surface area (Å²) in [5, 5.41) is 39.4. The number of aliphatic hydroxyl groups is 4. The minimum Gasteiger partial charge on any atom is -0.435 e. The summed E-state index contributed by atoms with van der Waals surface area (Å²) in [5.74, 6) is -1.93. The van der Waals surface area contributed by atoms with Crippen molar-refractivity contribution >= 4 is 11.9 Å². The predicted molar refractivity (Wildman–Crippen MR) is 122 cm³/mol. The molecule has 2 aliphatic rings. The van der Waals surface area contributed by atoms with Gasteiger partial charge in [-0.05, 0) is 19.3 Å². The average Bonchev–Trinajstić information content (AvgIpc) is 2.84. The molecular formula is C24H42O11. The highest BCUT2D eigenvalue weighted by atomic mass is 16.7. The van der Waals surface area contributed by atoms with Crippen LogP contribution in [0.15, 0.2) is 0 Å². The Kier molecular flexibility index (Phi) is 12.3. The lowest BCUT2D eigenvalue weighted by Crippen LogP contribution is -2.55. The van der Waals surface area contributed by atoms with Gasteiger partial charge in [0.1, 0.15) is 12.2 Å². The van der Waals surface area contributed by atoms with Crippen LogP contribution in [-0.2, 0) is 33.3 Å². The van der Waals surface area contributed by atoms with E-state index in [-0.39, 0.29) is 37.4 Å². The molecule has 0 amide bonds. The fraction of sp³-hybridized carbons (Fsp3) is 0.917. The van der Waals surface area contributed by atoms with Crippen molar-refractivity contribution in [3.8, 4) is 0 Å². The van der Waals surface area contributed by atoms with Crippen LogP contribution in [0.25, 0.3) is 0 Å². The van der Waals surface area contributed by atoms with Crippen molar-refractivity contribution in [2.45, 2.75) is 103 Å². The predicted octanol–water partition coefficient (Wildman–Crippen LogP) is 0.493. The van der Waals surface area contributed by atoms with Gasteiger partial charge in [0.15, 0.2) is 0 Å². The van der Waals surface area contributed by atoms with E-state index in [1.54, 1.807) is 13.8 Å². The van der Waals surface area contributed by atoms with Crippen LogP contribution in [0, 0.1) is 17.8 Å². The molecule has 2 fully saturated rings. The minimum absolute atomic E-state index is 0.0221. The second-order valence-corrected chi connectivity index (χ2v) is 9.52. The summed E-state index contributed by atoms with van der Waals surface area (Å²) in [6.45, 7) is 7.37. The van der Waals surface area contributed by atoms with E-state index in [1.807, 2.05) is 13.8 Å². The largest absolute Gasteiger partial charge is 0.435 e. The number of hydrogen-bond acceptors (Lipinski definition) is 11.